The molecule has 72 valence electrons. The van der Waals surface area contributed by atoms with Gasteiger partial charge in [-0.2, -0.15) is 0 Å². The summed E-state index contributed by atoms with van der Waals surface area (Å²) in [6.45, 7) is 0. The highest BCUT2D eigenvalue weighted by atomic mass is 32.1. The summed E-state index contributed by atoms with van der Waals surface area (Å²) in [6.07, 6.45) is 7.34. The molecule has 0 saturated heterocycles. The quantitative estimate of drug-likeness (QED) is 0.784. The van der Waals surface area contributed by atoms with E-state index in [2.05, 4.69) is 14.9 Å². The SMILES string of the molecule is CNC(CCC1CC1)c1cnns1. The Labute approximate surface area is 82.7 Å². The van der Waals surface area contributed by atoms with Gasteiger partial charge in [-0.05, 0) is 37.3 Å². The first-order valence-electron chi connectivity index (χ1n) is 4.84. The molecule has 3 nitrogen and oxygen atoms in total. The van der Waals surface area contributed by atoms with E-state index < -0.39 is 0 Å². The van der Waals surface area contributed by atoms with Crippen molar-refractivity contribution < 1.29 is 0 Å². The highest BCUT2D eigenvalue weighted by molar-refractivity contribution is 7.05. The molecule has 1 heterocycles. The fourth-order valence-corrected chi connectivity index (χ4v) is 2.21. The normalized spacial score (nSPS) is 18.8. The van der Waals surface area contributed by atoms with Crippen LogP contribution in [-0.2, 0) is 0 Å². The molecular weight excluding hydrogens is 182 g/mol. The molecule has 1 aliphatic carbocycles. The minimum absolute atomic E-state index is 0.473. The van der Waals surface area contributed by atoms with Gasteiger partial charge in [0.15, 0.2) is 0 Å². The maximum Gasteiger partial charge on any atom is 0.0669 e. The molecule has 0 spiro atoms. The molecule has 1 aromatic heterocycles. The molecule has 0 aromatic carbocycles. The van der Waals surface area contributed by atoms with Crippen LogP contribution in [0.3, 0.4) is 0 Å². The van der Waals surface area contributed by atoms with Crippen molar-refractivity contribution in [3.05, 3.63) is 11.1 Å². The summed E-state index contributed by atoms with van der Waals surface area (Å²) in [5.41, 5.74) is 0. The maximum atomic E-state index is 3.89. The molecular formula is C9H15N3S. The topological polar surface area (TPSA) is 37.8 Å². The summed E-state index contributed by atoms with van der Waals surface area (Å²) in [4.78, 5) is 1.27. The second-order valence-corrected chi connectivity index (χ2v) is 4.50. The van der Waals surface area contributed by atoms with Crippen molar-refractivity contribution in [3.8, 4) is 0 Å². The summed E-state index contributed by atoms with van der Waals surface area (Å²) in [5.74, 6) is 1.01. The van der Waals surface area contributed by atoms with E-state index in [-0.39, 0.29) is 0 Å². The van der Waals surface area contributed by atoms with E-state index in [0.717, 1.165) is 5.92 Å². The zero-order chi connectivity index (χ0) is 9.10. The molecule has 1 fully saturated rings. The number of rotatable bonds is 5. The molecule has 13 heavy (non-hydrogen) atoms. The van der Waals surface area contributed by atoms with Gasteiger partial charge in [0.2, 0.25) is 0 Å². The molecule has 1 atom stereocenters. The van der Waals surface area contributed by atoms with Crippen LogP contribution in [0, 0.1) is 5.92 Å². The minimum Gasteiger partial charge on any atom is -0.312 e. The van der Waals surface area contributed by atoms with Crippen LogP contribution in [0.4, 0.5) is 0 Å². The highest BCUT2D eigenvalue weighted by Gasteiger charge is 2.23. The van der Waals surface area contributed by atoms with Crippen LogP contribution < -0.4 is 5.32 Å². The average Bonchev–Trinajstić information content (AvgIpc) is 2.81. The molecule has 0 radical (unpaired) electrons. The van der Waals surface area contributed by atoms with Gasteiger partial charge in [0.05, 0.1) is 11.1 Å². The Hall–Kier alpha value is -0.480. The van der Waals surface area contributed by atoms with Gasteiger partial charge in [-0.1, -0.05) is 17.3 Å². The fourth-order valence-electron chi connectivity index (χ4n) is 1.57. The molecule has 0 aliphatic heterocycles. The lowest BCUT2D eigenvalue weighted by Crippen LogP contribution is -2.15. The molecule has 1 N–H and O–H groups in total. The largest absolute Gasteiger partial charge is 0.312 e. The first kappa shape index (κ1) is 9.09. The van der Waals surface area contributed by atoms with Crippen molar-refractivity contribution in [2.75, 3.05) is 7.05 Å². The van der Waals surface area contributed by atoms with E-state index in [9.17, 15) is 0 Å². The van der Waals surface area contributed by atoms with Crippen LogP contribution in [0.5, 0.6) is 0 Å². The van der Waals surface area contributed by atoms with Crippen LogP contribution in [0.1, 0.15) is 36.6 Å². The van der Waals surface area contributed by atoms with Crippen LogP contribution in [0.25, 0.3) is 0 Å². The Bertz CT molecular complexity index is 243. The van der Waals surface area contributed by atoms with Gasteiger partial charge in [0.1, 0.15) is 0 Å². The van der Waals surface area contributed by atoms with Crippen molar-refractivity contribution in [1.82, 2.24) is 14.9 Å². The second-order valence-electron chi connectivity index (χ2n) is 3.68. The van der Waals surface area contributed by atoms with Crippen molar-refractivity contribution in [3.63, 3.8) is 0 Å². The van der Waals surface area contributed by atoms with Crippen LogP contribution in [-0.4, -0.2) is 16.6 Å². The molecule has 2 rings (SSSR count). The van der Waals surface area contributed by atoms with Crippen molar-refractivity contribution in [1.29, 1.82) is 0 Å². The second kappa shape index (κ2) is 4.15. The number of nitrogens with one attached hydrogen (secondary N) is 1. The van der Waals surface area contributed by atoms with Gasteiger partial charge in [0, 0.05) is 6.04 Å². The zero-order valence-electron chi connectivity index (χ0n) is 7.86. The number of hydrogen-bond acceptors (Lipinski definition) is 4. The lowest BCUT2D eigenvalue weighted by molar-refractivity contribution is 0.512. The molecule has 0 bridgehead atoms. The minimum atomic E-state index is 0.473. The third-order valence-electron chi connectivity index (χ3n) is 2.63. The summed E-state index contributed by atoms with van der Waals surface area (Å²) < 4.78 is 3.89. The zero-order valence-corrected chi connectivity index (χ0v) is 8.68. The standard InChI is InChI=1S/C9H15N3S/c1-10-8(5-4-7-2-3-7)9-6-11-12-13-9/h6-8,10H,2-5H2,1H3. The van der Waals surface area contributed by atoms with Crippen molar-refractivity contribution >= 4 is 11.5 Å². The van der Waals surface area contributed by atoms with Gasteiger partial charge in [-0.25, -0.2) is 0 Å². The Morgan fingerprint density at radius 2 is 2.54 bits per heavy atom. The predicted octanol–water partition coefficient (Wildman–Crippen LogP) is 1.99. The molecule has 1 aliphatic rings. The van der Waals surface area contributed by atoms with Gasteiger partial charge in [-0.15, -0.1) is 5.10 Å². The Kier molecular flexibility index (Phi) is 2.90. The first-order valence-corrected chi connectivity index (χ1v) is 5.62. The monoisotopic (exact) mass is 197 g/mol. The van der Waals surface area contributed by atoms with E-state index in [1.54, 1.807) is 0 Å². The third kappa shape index (κ3) is 2.48. The summed E-state index contributed by atoms with van der Waals surface area (Å²) in [5, 5.41) is 7.18. The Morgan fingerprint density at radius 3 is 3.08 bits per heavy atom. The average molecular weight is 197 g/mol. The molecule has 1 unspecified atom stereocenters. The van der Waals surface area contributed by atoms with Gasteiger partial charge < -0.3 is 5.32 Å². The lowest BCUT2D eigenvalue weighted by atomic mass is 10.1. The van der Waals surface area contributed by atoms with Gasteiger partial charge in [0.25, 0.3) is 0 Å². The van der Waals surface area contributed by atoms with Gasteiger partial charge in [-0.3, -0.25) is 0 Å². The van der Waals surface area contributed by atoms with Crippen LogP contribution in [0.2, 0.25) is 0 Å². The van der Waals surface area contributed by atoms with Crippen molar-refractivity contribution in [2.24, 2.45) is 5.92 Å². The van der Waals surface area contributed by atoms with E-state index >= 15 is 0 Å². The Morgan fingerprint density at radius 1 is 1.69 bits per heavy atom. The summed E-state index contributed by atoms with van der Waals surface area (Å²) in [7, 11) is 2.01. The smallest absolute Gasteiger partial charge is 0.0669 e. The highest BCUT2D eigenvalue weighted by Crippen LogP contribution is 2.36. The maximum absolute atomic E-state index is 3.89. The van der Waals surface area contributed by atoms with E-state index in [1.807, 2.05) is 13.2 Å². The summed E-state index contributed by atoms with van der Waals surface area (Å²) in [6, 6.07) is 0.473. The van der Waals surface area contributed by atoms with Crippen molar-refractivity contribution in [2.45, 2.75) is 31.7 Å². The lowest BCUT2D eigenvalue weighted by Gasteiger charge is -2.12. The molecule has 4 heteroatoms. The molecule has 1 aromatic rings. The third-order valence-corrected chi connectivity index (χ3v) is 3.41. The number of nitrogens with zero attached hydrogens (tertiary/aromatic N) is 2. The van der Waals surface area contributed by atoms with Crippen LogP contribution >= 0.6 is 11.5 Å². The predicted molar refractivity (Wildman–Crippen MR) is 53.7 cm³/mol. The van der Waals surface area contributed by atoms with Gasteiger partial charge >= 0.3 is 0 Å². The molecule has 0 amide bonds. The summed E-state index contributed by atoms with van der Waals surface area (Å²) >= 11 is 1.50. The van der Waals surface area contributed by atoms with E-state index in [4.69, 9.17) is 0 Å². The first-order chi connectivity index (χ1) is 6.40. The van der Waals surface area contributed by atoms with E-state index in [1.165, 1.54) is 42.1 Å². The Balaban J connectivity index is 1.85. The number of hydrogen-bond donors (Lipinski definition) is 1. The number of aromatic nitrogens is 2. The fraction of sp³-hybridized carbons (Fsp3) is 0.778. The van der Waals surface area contributed by atoms with Crippen LogP contribution in [0.15, 0.2) is 6.20 Å². The molecule has 1 saturated carbocycles. The van der Waals surface area contributed by atoms with E-state index in [0.29, 0.717) is 6.04 Å².